The molecule has 1 atom stereocenters. The Morgan fingerprint density at radius 2 is 1.26 bits per heavy atom. The van der Waals surface area contributed by atoms with Crippen LogP contribution in [0.4, 0.5) is 0 Å². The molecule has 117 valence electrons. The van der Waals surface area contributed by atoms with Gasteiger partial charge in [0.25, 0.3) is 0 Å². The van der Waals surface area contributed by atoms with Crippen molar-refractivity contribution >= 4 is 0 Å². The Bertz CT molecular complexity index is 165. The maximum absolute atomic E-state index is 10.7. The predicted molar refractivity (Wildman–Crippen MR) is 83.4 cm³/mol. The van der Waals surface area contributed by atoms with E-state index in [0.717, 1.165) is 12.8 Å². The molecule has 0 amide bonds. The second-order valence-corrected chi connectivity index (χ2v) is 5.96. The van der Waals surface area contributed by atoms with Gasteiger partial charge >= 0.3 is 0 Å². The third kappa shape index (κ3) is 27.2. The van der Waals surface area contributed by atoms with Crippen LogP contribution in [0.25, 0.3) is 0 Å². The number of hydrogen-bond donors (Lipinski definition) is 0. The summed E-state index contributed by atoms with van der Waals surface area (Å²) in [5.74, 6) is 0. The molecule has 0 aromatic carbocycles. The van der Waals surface area contributed by atoms with Crippen LogP contribution in [0.1, 0.15) is 78.6 Å². The average molecular weight is 274 g/mol. The van der Waals surface area contributed by atoms with Crippen molar-refractivity contribution in [2.24, 2.45) is 0 Å². The van der Waals surface area contributed by atoms with E-state index in [0.29, 0.717) is 6.54 Å². The van der Waals surface area contributed by atoms with Gasteiger partial charge in [0, 0.05) is 0 Å². The first kappa shape index (κ1) is 21.2. The molecule has 0 aliphatic rings. The van der Waals surface area contributed by atoms with E-state index in [1.807, 2.05) is 6.92 Å². The van der Waals surface area contributed by atoms with Crippen LogP contribution in [0.2, 0.25) is 0 Å². The molecule has 0 rings (SSSR count). The highest BCUT2D eigenvalue weighted by atomic mass is 16.5. The number of rotatable bonds is 10. The summed E-state index contributed by atoms with van der Waals surface area (Å²) < 4.78 is -0.181. The van der Waals surface area contributed by atoms with Crippen molar-refractivity contribution in [2.75, 3.05) is 20.6 Å². The smallest absolute Gasteiger partial charge is 0.0902 e. The molecular formula is C16H36NO2. The molecular weight excluding hydrogens is 238 g/mol. The highest BCUT2D eigenvalue weighted by molar-refractivity contribution is 4.49. The molecule has 1 unspecified atom stereocenters. The summed E-state index contributed by atoms with van der Waals surface area (Å²) in [4.78, 5) is 0. The van der Waals surface area contributed by atoms with Crippen LogP contribution >= 0.6 is 0 Å². The fourth-order valence-corrected chi connectivity index (χ4v) is 1.57. The van der Waals surface area contributed by atoms with Crippen LogP contribution < -0.4 is 0 Å². The molecule has 0 saturated carbocycles. The van der Waals surface area contributed by atoms with Gasteiger partial charge in [0.1, 0.15) is 0 Å². The Morgan fingerprint density at radius 3 is 1.58 bits per heavy atom. The van der Waals surface area contributed by atoms with Crippen LogP contribution in [-0.2, 0) is 5.11 Å². The van der Waals surface area contributed by atoms with Gasteiger partial charge in [-0.15, -0.1) is 0 Å². The van der Waals surface area contributed by atoms with Crippen molar-refractivity contribution in [3.05, 3.63) is 5.21 Å². The van der Waals surface area contributed by atoms with E-state index in [4.69, 9.17) is 0 Å². The fourth-order valence-electron chi connectivity index (χ4n) is 1.57. The van der Waals surface area contributed by atoms with Crippen LogP contribution in [-0.4, -0.2) is 31.4 Å². The summed E-state index contributed by atoms with van der Waals surface area (Å²) >= 11 is 0. The van der Waals surface area contributed by atoms with Gasteiger partial charge in [-0.25, -0.2) is 5.11 Å². The Hall–Kier alpha value is -0.120. The third-order valence-corrected chi connectivity index (χ3v) is 3.23. The SMILES string of the molecule is CCCCCCCCCCC(C)[O].CC[N+](C)(C)[O-]. The lowest BCUT2D eigenvalue weighted by atomic mass is 10.1. The molecule has 0 spiro atoms. The van der Waals surface area contributed by atoms with Gasteiger partial charge in [0.2, 0.25) is 0 Å². The highest BCUT2D eigenvalue weighted by Gasteiger charge is 1.96. The zero-order valence-corrected chi connectivity index (χ0v) is 13.9. The maximum atomic E-state index is 10.7. The lowest BCUT2D eigenvalue weighted by Crippen LogP contribution is -2.31. The normalized spacial score (nSPS) is 12.8. The van der Waals surface area contributed by atoms with Crippen LogP contribution in [0.3, 0.4) is 0 Å². The van der Waals surface area contributed by atoms with E-state index in [1.54, 1.807) is 21.0 Å². The highest BCUT2D eigenvalue weighted by Crippen LogP contribution is 2.10. The molecule has 19 heavy (non-hydrogen) atoms. The van der Waals surface area contributed by atoms with Crippen molar-refractivity contribution in [3.8, 4) is 0 Å². The number of quaternary nitrogens is 1. The Kier molecular flexibility index (Phi) is 15.9. The third-order valence-electron chi connectivity index (χ3n) is 3.23. The maximum Gasteiger partial charge on any atom is 0.0902 e. The van der Waals surface area contributed by atoms with Crippen LogP contribution in [0.5, 0.6) is 0 Å². The monoisotopic (exact) mass is 274 g/mol. The second-order valence-electron chi connectivity index (χ2n) is 5.96. The van der Waals surface area contributed by atoms with Crippen molar-refractivity contribution < 1.29 is 9.75 Å². The van der Waals surface area contributed by atoms with Crippen molar-refractivity contribution in [1.82, 2.24) is 0 Å². The van der Waals surface area contributed by atoms with E-state index in [1.165, 1.54) is 44.9 Å². The number of unbranched alkanes of at least 4 members (excludes halogenated alkanes) is 7. The summed E-state index contributed by atoms with van der Waals surface area (Å²) in [5, 5.41) is 21.1. The van der Waals surface area contributed by atoms with Gasteiger partial charge in [0.05, 0.1) is 26.7 Å². The summed E-state index contributed by atoms with van der Waals surface area (Å²) in [6, 6.07) is 0. The molecule has 3 heteroatoms. The molecule has 0 aromatic rings. The van der Waals surface area contributed by atoms with Gasteiger partial charge in [-0.05, 0) is 20.3 Å². The number of hydroxylamine groups is 3. The average Bonchev–Trinajstić information content (AvgIpc) is 2.32. The molecule has 0 heterocycles. The largest absolute Gasteiger partial charge is 0.633 e. The zero-order valence-electron chi connectivity index (χ0n) is 13.9. The number of hydrogen-bond acceptors (Lipinski definition) is 1. The zero-order chi connectivity index (χ0) is 15.1. The molecule has 0 saturated heterocycles. The predicted octanol–water partition coefficient (Wildman–Crippen LogP) is 4.92. The fraction of sp³-hybridized carbons (Fsp3) is 1.00. The second kappa shape index (κ2) is 14.3. The minimum absolute atomic E-state index is 0.181. The minimum Gasteiger partial charge on any atom is -0.633 e. The minimum atomic E-state index is -0.347. The Labute approximate surface area is 121 Å². The first-order chi connectivity index (χ1) is 8.83. The van der Waals surface area contributed by atoms with E-state index >= 15 is 0 Å². The van der Waals surface area contributed by atoms with E-state index in [9.17, 15) is 10.3 Å². The van der Waals surface area contributed by atoms with Crippen molar-refractivity contribution in [2.45, 2.75) is 84.7 Å². The summed E-state index contributed by atoms with van der Waals surface area (Å²) in [6.45, 7) is 6.53. The molecule has 0 aliphatic carbocycles. The van der Waals surface area contributed by atoms with Crippen LogP contribution in [0, 0.1) is 5.21 Å². The van der Waals surface area contributed by atoms with Gasteiger partial charge in [0.15, 0.2) is 0 Å². The van der Waals surface area contributed by atoms with E-state index < -0.39 is 0 Å². The summed E-state index contributed by atoms with van der Waals surface area (Å²) in [6.07, 6.45) is 11.1. The quantitative estimate of drug-likeness (QED) is 0.317. The topological polar surface area (TPSA) is 43.0 Å². The van der Waals surface area contributed by atoms with Gasteiger partial charge in [-0.1, -0.05) is 58.3 Å². The van der Waals surface area contributed by atoms with Crippen molar-refractivity contribution in [3.63, 3.8) is 0 Å². The van der Waals surface area contributed by atoms with Gasteiger partial charge in [-0.2, -0.15) is 0 Å². The first-order valence-corrected chi connectivity index (χ1v) is 8.03. The Balaban J connectivity index is 0. The summed E-state index contributed by atoms with van der Waals surface area (Å²) in [7, 11) is 3.25. The van der Waals surface area contributed by atoms with Gasteiger partial charge < -0.3 is 9.85 Å². The molecule has 3 nitrogen and oxygen atoms in total. The first-order valence-electron chi connectivity index (χ1n) is 8.03. The molecule has 0 N–H and O–H groups in total. The van der Waals surface area contributed by atoms with Crippen LogP contribution in [0.15, 0.2) is 0 Å². The van der Waals surface area contributed by atoms with E-state index in [2.05, 4.69) is 6.92 Å². The molecule has 0 aromatic heterocycles. The standard InChI is InChI=1S/C12H25O.C4H11NO/c1-3-4-5-6-7-8-9-10-11-12(2)13;1-4-5(2,3)6/h12H,3-11H2,1-2H3;4H2,1-3H3. The molecule has 1 radical (unpaired) electrons. The lowest BCUT2D eigenvalue weighted by Gasteiger charge is -2.31. The molecule has 0 bridgehead atoms. The molecule has 0 aliphatic heterocycles. The van der Waals surface area contributed by atoms with Crippen molar-refractivity contribution in [1.29, 1.82) is 0 Å². The number of nitrogens with zero attached hydrogens (tertiary/aromatic N) is 1. The summed E-state index contributed by atoms with van der Waals surface area (Å²) in [5.41, 5.74) is 0. The van der Waals surface area contributed by atoms with E-state index in [-0.39, 0.29) is 10.8 Å². The Morgan fingerprint density at radius 1 is 0.895 bits per heavy atom. The van der Waals surface area contributed by atoms with Gasteiger partial charge in [-0.3, -0.25) is 0 Å². The molecule has 0 fully saturated rings. The lowest BCUT2D eigenvalue weighted by molar-refractivity contribution is -0.837.